The molecule has 1 aliphatic heterocycles. The first-order valence-electron chi connectivity index (χ1n) is 9.23. The summed E-state index contributed by atoms with van der Waals surface area (Å²) >= 11 is 17.6. The maximum atomic E-state index is 14.1. The van der Waals surface area contributed by atoms with Crippen LogP contribution in [0.15, 0.2) is 41.6 Å². The number of oxime groups is 1. The molecule has 0 bridgehead atoms. The molecule has 0 fully saturated rings. The zero-order valence-corrected chi connectivity index (χ0v) is 18.9. The summed E-state index contributed by atoms with van der Waals surface area (Å²) in [5.74, 6) is -0.742. The number of carbonyl (C=O) groups is 1. The SMILES string of the molecule is O=C(NCOCC(F)(F)F)c1ccc(C2=NOC(c3cc(Cl)c(Cl)c(Cl)c3)(C(F)(F)F)C2)cc1. The maximum absolute atomic E-state index is 14.1. The van der Waals surface area contributed by atoms with Gasteiger partial charge in [-0.1, -0.05) is 52.1 Å². The zero-order valence-electron chi connectivity index (χ0n) is 16.7. The Morgan fingerprint density at radius 2 is 1.65 bits per heavy atom. The van der Waals surface area contributed by atoms with E-state index in [-0.39, 0.29) is 31.9 Å². The summed E-state index contributed by atoms with van der Waals surface area (Å²) < 4.78 is 82.7. The van der Waals surface area contributed by atoms with Crippen molar-refractivity contribution in [3.05, 3.63) is 68.2 Å². The quantitative estimate of drug-likeness (QED) is 0.194. The summed E-state index contributed by atoms with van der Waals surface area (Å²) in [6.45, 7) is -2.21. The van der Waals surface area contributed by atoms with Gasteiger partial charge in [-0.3, -0.25) is 4.79 Å². The van der Waals surface area contributed by atoms with Crippen LogP contribution in [0.5, 0.6) is 0 Å². The van der Waals surface area contributed by atoms with E-state index >= 15 is 0 Å². The van der Waals surface area contributed by atoms with Crippen molar-refractivity contribution < 1.29 is 40.7 Å². The van der Waals surface area contributed by atoms with Gasteiger partial charge < -0.3 is 14.9 Å². The van der Waals surface area contributed by atoms with Crippen molar-refractivity contribution >= 4 is 46.4 Å². The standard InChI is InChI=1S/C20H13Cl3F6N2O3/c21-13-5-12(6-14(22)16(13)23)18(20(27,28)29)7-15(31-34-18)10-1-3-11(4-2-10)17(32)30-9-33-8-19(24,25)26/h1-6H,7-9H2,(H,30,32). The van der Waals surface area contributed by atoms with Gasteiger partial charge in [0.15, 0.2) is 0 Å². The average Bonchev–Trinajstić information content (AvgIpc) is 3.21. The molecule has 1 heterocycles. The number of carbonyl (C=O) groups excluding carboxylic acids is 1. The van der Waals surface area contributed by atoms with E-state index in [0.717, 1.165) is 12.1 Å². The summed E-state index contributed by atoms with van der Waals surface area (Å²) in [4.78, 5) is 16.9. The maximum Gasteiger partial charge on any atom is 0.435 e. The molecule has 5 nitrogen and oxygen atoms in total. The van der Waals surface area contributed by atoms with Gasteiger partial charge >= 0.3 is 12.4 Å². The van der Waals surface area contributed by atoms with E-state index in [2.05, 4.69) is 15.2 Å². The predicted octanol–water partition coefficient (Wildman–Crippen LogP) is 6.50. The Hall–Kier alpha value is -2.21. The molecule has 0 aliphatic carbocycles. The zero-order chi connectivity index (χ0) is 25.3. The Bertz CT molecular complexity index is 1080. The van der Waals surface area contributed by atoms with Gasteiger partial charge in [0.1, 0.15) is 13.3 Å². The third-order valence-electron chi connectivity index (χ3n) is 4.72. The van der Waals surface area contributed by atoms with Gasteiger partial charge in [-0.05, 0) is 29.8 Å². The number of alkyl halides is 6. The minimum atomic E-state index is -4.91. The van der Waals surface area contributed by atoms with Crippen LogP contribution >= 0.6 is 34.8 Å². The number of hydrogen-bond acceptors (Lipinski definition) is 4. The van der Waals surface area contributed by atoms with Crippen molar-refractivity contribution in [3.63, 3.8) is 0 Å². The van der Waals surface area contributed by atoms with Crippen LogP contribution in [0.4, 0.5) is 26.3 Å². The van der Waals surface area contributed by atoms with Crippen molar-refractivity contribution in [2.45, 2.75) is 24.4 Å². The summed E-state index contributed by atoms with van der Waals surface area (Å²) in [5, 5.41) is 5.22. The summed E-state index contributed by atoms with van der Waals surface area (Å²) in [6, 6.07) is 7.16. The number of benzene rings is 2. The summed E-state index contributed by atoms with van der Waals surface area (Å²) in [7, 11) is 0. The molecule has 0 saturated heterocycles. The van der Waals surface area contributed by atoms with E-state index in [0.29, 0.717) is 0 Å². The number of ether oxygens (including phenoxy) is 1. The lowest BCUT2D eigenvalue weighted by molar-refractivity contribution is -0.275. The smallest absolute Gasteiger partial charge is 0.374 e. The van der Waals surface area contributed by atoms with Gasteiger partial charge in [-0.2, -0.15) is 26.3 Å². The highest BCUT2D eigenvalue weighted by Gasteiger charge is 2.62. The molecule has 0 radical (unpaired) electrons. The molecular formula is C20H13Cl3F6N2O3. The molecule has 0 aromatic heterocycles. The van der Waals surface area contributed by atoms with Crippen LogP contribution in [0.25, 0.3) is 0 Å². The highest BCUT2D eigenvalue weighted by molar-refractivity contribution is 6.48. The third-order valence-corrected chi connectivity index (χ3v) is 5.91. The first-order chi connectivity index (χ1) is 15.7. The molecule has 1 unspecified atom stereocenters. The molecule has 184 valence electrons. The van der Waals surface area contributed by atoms with E-state index in [9.17, 15) is 31.1 Å². The Morgan fingerprint density at radius 3 is 2.18 bits per heavy atom. The fourth-order valence-corrected chi connectivity index (χ4v) is 3.64. The van der Waals surface area contributed by atoms with Crippen LogP contribution in [-0.4, -0.2) is 37.3 Å². The average molecular weight is 550 g/mol. The van der Waals surface area contributed by atoms with Crippen LogP contribution in [0.3, 0.4) is 0 Å². The van der Waals surface area contributed by atoms with Gasteiger partial charge in [0.05, 0.1) is 20.8 Å². The molecule has 0 saturated carbocycles. The second-order valence-corrected chi connectivity index (χ2v) is 8.27. The molecule has 3 rings (SSSR count). The van der Waals surface area contributed by atoms with Gasteiger partial charge in [0.2, 0.25) is 0 Å². The Morgan fingerprint density at radius 1 is 1.06 bits per heavy atom. The second kappa shape index (κ2) is 9.80. The molecule has 0 spiro atoms. The van der Waals surface area contributed by atoms with Crippen molar-refractivity contribution in [1.29, 1.82) is 0 Å². The largest absolute Gasteiger partial charge is 0.435 e. The van der Waals surface area contributed by atoms with E-state index in [4.69, 9.17) is 39.6 Å². The fourth-order valence-electron chi connectivity index (χ4n) is 3.05. The van der Waals surface area contributed by atoms with E-state index in [1.807, 2.05) is 0 Å². The number of rotatable bonds is 6. The molecule has 1 amide bonds. The predicted molar refractivity (Wildman–Crippen MR) is 112 cm³/mol. The monoisotopic (exact) mass is 548 g/mol. The van der Waals surface area contributed by atoms with Gasteiger partial charge in [0.25, 0.3) is 11.5 Å². The summed E-state index contributed by atoms with van der Waals surface area (Å²) in [5.41, 5.74) is -3.07. The normalized spacial score (nSPS) is 18.4. The lowest BCUT2D eigenvalue weighted by Crippen LogP contribution is -2.42. The molecule has 34 heavy (non-hydrogen) atoms. The van der Waals surface area contributed by atoms with Gasteiger partial charge in [-0.25, -0.2) is 0 Å². The number of nitrogens with one attached hydrogen (secondary N) is 1. The van der Waals surface area contributed by atoms with Crippen LogP contribution in [0.2, 0.25) is 15.1 Å². The molecule has 2 aromatic carbocycles. The Kier molecular flexibility index (Phi) is 7.61. The van der Waals surface area contributed by atoms with Gasteiger partial charge in [0, 0.05) is 17.5 Å². The summed E-state index contributed by atoms with van der Waals surface area (Å²) in [6.07, 6.45) is -10.2. The second-order valence-electron chi connectivity index (χ2n) is 7.08. The van der Waals surface area contributed by atoms with Crippen LogP contribution in [0, 0.1) is 0 Å². The third kappa shape index (κ3) is 5.70. The fraction of sp³-hybridized carbons (Fsp3) is 0.300. The number of nitrogens with zero attached hydrogens (tertiary/aromatic N) is 1. The Balaban J connectivity index is 1.75. The highest BCUT2D eigenvalue weighted by Crippen LogP contribution is 2.50. The molecule has 2 aromatic rings. The first-order valence-corrected chi connectivity index (χ1v) is 10.4. The van der Waals surface area contributed by atoms with E-state index in [1.54, 1.807) is 0 Å². The minimum absolute atomic E-state index is 0.0391. The molecule has 14 heteroatoms. The molecule has 1 N–H and O–H groups in total. The van der Waals surface area contributed by atoms with Crippen molar-refractivity contribution in [2.75, 3.05) is 13.3 Å². The molecule has 1 atom stereocenters. The van der Waals surface area contributed by atoms with Crippen molar-refractivity contribution in [1.82, 2.24) is 5.32 Å². The van der Waals surface area contributed by atoms with Gasteiger partial charge in [-0.15, -0.1) is 0 Å². The number of amides is 1. The van der Waals surface area contributed by atoms with Crippen molar-refractivity contribution in [3.8, 4) is 0 Å². The molecular weight excluding hydrogens is 537 g/mol. The van der Waals surface area contributed by atoms with Crippen LogP contribution in [-0.2, 0) is 15.2 Å². The topological polar surface area (TPSA) is 59.9 Å². The number of hydrogen-bond donors (Lipinski definition) is 1. The highest BCUT2D eigenvalue weighted by atomic mass is 35.5. The van der Waals surface area contributed by atoms with Crippen molar-refractivity contribution in [2.24, 2.45) is 5.16 Å². The lowest BCUT2D eigenvalue weighted by atomic mass is 9.86. The minimum Gasteiger partial charge on any atom is -0.374 e. The lowest BCUT2D eigenvalue weighted by Gasteiger charge is -2.30. The van der Waals surface area contributed by atoms with E-state index < -0.39 is 49.2 Å². The Labute approximate surface area is 203 Å². The first kappa shape index (κ1) is 26.4. The van der Waals surface area contributed by atoms with Crippen LogP contribution in [0.1, 0.15) is 27.9 Å². The van der Waals surface area contributed by atoms with E-state index in [1.165, 1.54) is 24.3 Å². The number of halogens is 9. The van der Waals surface area contributed by atoms with Crippen LogP contribution < -0.4 is 5.32 Å². The molecule has 1 aliphatic rings.